The van der Waals surface area contributed by atoms with Crippen LogP contribution in [0.4, 0.5) is 5.69 Å². The molecule has 1 aromatic carbocycles. The number of hydrogen-bond donors (Lipinski definition) is 2. The molecule has 0 aliphatic carbocycles. The molecule has 0 spiro atoms. The SMILES string of the molecule is COc1ccccc1N1CCC(NC(=O)[C@@H](N)CC(C)C)C1. The first-order valence-corrected chi connectivity index (χ1v) is 7.95. The summed E-state index contributed by atoms with van der Waals surface area (Å²) >= 11 is 0. The van der Waals surface area contributed by atoms with Gasteiger partial charge in [0.05, 0.1) is 18.8 Å². The largest absolute Gasteiger partial charge is 0.495 e. The van der Waals surface area contributed by atoms with Crippen molar-refractivity contribution >= 4 is 11.6 Å². The van der Waals surface area contributed by atoms with E-state index in [1.165, 1.54) is 0 Å². The molecule has 22 heavy (non-hydrogen) atoms. The standard InChI is InChI=1S/C17H27N3O2/c1-12(2)10-14(18)17(21)19-13-8-9-20(11-13)15-6-4-5-7-16(15)22-3/h4-7,12-14H,8-11,18H2,1-3H3,(H,19,21)/t13?,14-/m0/s1. The van der Waals surface area contributed by atoms with Crippen LogP contribution in [0, 0.1) is 5.92 Å². The lowest BCUT2D eigenvalue weighted by Crippen LogP contribution is -2.46. The maximum absolute atomic E-state index is 12.1. The van der Waals surface area contributed by atoms with E-state index in [1.54, 1.807) is 7.11 Å². The second-order valence-electron chi connectivity index (χ2n) is 6.35. The Labute approximate surface area is 132 Å². The van der Waals surface area contributed by atoms with E-state index < -0.39 is 6.04 Å². The first-order valence-electron chi connectivity index (χ1n) is 7.95. The van der Waals surface area contributed by atoms with Crippen molar-refractivity contribution in [1.29, 1.82) is 0 Å². The predicted octanol–water partition coefficient (Wildman–Crippen LogP) is 1.76. The van der Waals surface area contributed by atoms with E-state index >= 15 is 0 Å². The Hall–Kier alpha value is -1.75. The molecule has 1 unspecified atom stereocenters. The number of nitrogens with one attached hydrogen (secondary N) is 1. The molecule has 1 saturated heterocycles. The van der Waals surface area contributed by atoms with E-state index in [0.29, 0.717) is 5.92 Å². The van der Waals surface area contributed by atoms with Crippen LogP contribution in [0.15, 0.2) is 24.3 Å². The topological polar surface area (TPSA) is 67.6 Å². The van der Waals surface area contributed by atoms with Gasteiger partial charge in [-0.3, -0.25) is 4.79 Å². The van der Waals surface area contributed by atoms with Gasteiger partial charge in [-0.1, -0.05) is 26.0 Å². The number of rotatable bonds is 6. The maximum atomic E-state index is 12.1. The molecule has 122 valence electrons. The highest BCUT2D eigenvalue weighted by atomic mass is 16.5. The zero-order chi connectivity index (χ0) is 16.1. The molecule has 2 atom stereocenters. The third-order valence-corrected chi connectivity index (χ3v) is 4.02. The third kappa shape index (κ3) is 4.13. The minimum atomic E-state index is -0.416. The van der Waals surface area contributed by atoms with Crippen LogP contribution in [0.2, 0.25) is 0 Å². The lowest BCUT2D eigenvalue weighted by molar-refractivity contribution is -0.123. The first kappa shape index (κ1) is 16.6. The van der Waals surface area contributed by atoms with Crippen molar-refractivity contribution in [2.24, 2.45) is 11.7 Å². The zero-order valence-electron chi connectivity index (χ0n) is 13.7. The normalized spacial score (nSPS) is 19.3. The molecule has 0 aromatic heterocycles. The van der Waals surface area contributed by atoms with Gasteiger partial charge in [0.25, 0.3) is 0 Å². The third-order valence-electron chi connectivity index (χ3n) is 4.02. The number of anilines is 1. The maximum Gasteiger partial charge on any atom is 0.237 e. The summed E-state index contributed by atoms with van der Waals surface area (Å²) < 4.78 is 5.41. The van der Waals surface area contributed by atoms with E-state index in [4.69, 9.17) is 10.5 Å². The molecule has 1 aliphatic rings. The van der Waals surface area contributed by atoms with Gasteiger partial charge in [0.2, 0.25) is 5.91 Å². The van der Waals surface area contributed by atoms with Crippen molar-refractivity contribution in [2.45, 2.75) is 38.8 Å². The van der Waals surface area contributed by atoms with Gasteiger partial charge in [-0.2, -0.15) is 0 Å². The number of nitrogens with zero attached hydrogens (tertiary/aromatic N) is 1. The highest BCUT2D eigenvalue weighted by Crippen LogP contribution is 2.30. The van der Waals surface area contributed by atoms with Crippen LogP contribution in [0.1, 0.15) is 26.7 Å². The number of hydrogen-bond acceptors (Lipinski definition) is 4. The minimum absolute atomic E-state index is 0.0411. The molecule has 0 radical (unpaired) electrons. The van der Waals surface area contributed by atoms with E-state index in [-0.39, 0.29) is 11.9 Å². The number of benzene rings is 1. The summed E-state index contributed by atoms with van der Waals surface area (Å²) in [7, 11) is 1.68. The Balaban J connectivity index is 1.91. The van der Waals surface area contributed by atoms with E-state index in [9.17, 15) is 4.79 Å². The number of ether oxygens (including phenoxy) is 1. The minimum Gasteiger partial charge on any atom is -0.495 e. The molecule has 5 nitrogen and oxygen atoms in total. The summed E-state index contributed by atoms with van der Waals surface area (Å²) in [6.07, 6.45) is 1.65. The summed E-state index contributed by atoms with van der Waals surface area (Å²) in [5.74, 6) is 1.25. The highest BCUT2D eigenvalue weighted by molar-refractivity contribution is 5.82. The van der Waals surface area contributed by atoms with E-state index in [0.717, 1.165) is 37.4 Å². The molecular formula is C17H27N3O2. The van der Waals surface area contributed by atoms with Crippen LogP contribution in [-0.4, -0.2) is 38.2 Å². The number of amides is 1. The molecule has 3 N–H and O–H groups in total. The molecule has 1 heterocycles. The average Bonchev–Trinajstić information content (AvgIpc) is 2.94. The van der Waals surface area contributed by atoms with Gasteiger partial charge in [-0.05, 0) is 30.9 Å². The van der Waals surface area contributed by atoms with Crippen LogP contribution in [0.5, 0.6) is 5.75 Å². The first-order chi connectivity index (χ1) is 10.5. The fourth-order valence-electron chi connectivity index (χ4n) is 2.91. The van der Waals surface area contributed by atoms with Crippen LogP contribution < -0.4 is 20.7 Å². The molecule has 2 rings (SSSR count). The molecular weight excluding hydrogens is 278 g/mol. The molecule has 1 fully saturated rings. The molecule has 5 heteroatoms. The predicted molar refractivity (Wildman–Crippen MR) is 89.2 cm³/mol. The Kier molecular flexibility index (Phi) is 5.66. The summed E-state index contributed by atoms with van der Waals surface area (Å²) in [6, 6.07) is 7.70. The van der Waals surface area contributed by atoms with Gasteiger partial charge in [-0.25, -0.2) is 0 Å². The van der Waals surface area contributed by atoms with Crippen LogP contribution in [0.3, 0.4) is 0 Å². The number of carbonyl (C=O) groups excluding carboxylic acids is 1. The fourth-order valence-corrected chi connectivity index (χ4v) is 2.91. The summed E-state index contributed by atoms with van der Waals surface area (Å²) in [4.78, 5) is 14.4. The Morgan fingerprint density at radius 3 is 2.86 bits per heavy atom. The Morgan fingerprint density at radius 1 is 1.45 bits per heavy atom. The summed E-state index contributed by atoms with van der Waals surface area (Å²) in [6.45, 7) is 5.85. The molecule has 0 bridgehead atoms. The lowest BCUT2D eigenvalue weighted by atomic mass is 10.0. The van der Waals surface area contributed by atoms with Gasteiger partial charge in [0.1, 0.15) is 5.75 Å². The van der Waals surface area contributed by atoms with Crippen molar-refractivity contribution < 1.29 is 9.53 Å². The van der Waals surface area contributed by atoms with Crippen molar-refractivity contribution in [3.05, 3.63) is 24.3 Å². The number of nitrogens with two attached hydrogens (primary N) is 1. The Bertz CT molecular complexity index is 504. The number of carbonyl (C=O) groups is 1. The van der Waals surface area contributed by atoms with Crippen LogP contribution >= 0.6 is 0 Å². The monoisotopic (exact) mass is 305 g/mol. The van der Waals surface area contributed by atoms with Crippen molar-refractivity contribution in [1.82, 2.24) is 5.32 Å². The highest BCUT2D eigenvalue weighted by Gasteiger charge is 2.27. The summed E-state index contributed by atoms with van der Waals surface area (Å²) in [5, 5.41) is 3.07. The van der Waals surface area contributed by atoms with E-state index in [2.05, 4.69) is 24.1 Å². The van der Waals surface area contributed by atoms with E-state index in [1.807, 2.05) is 24.3 Å². The molecule has 1 amide bonds. The summed E-state index contributed by atoms with van der Waals surface area (Å²) in [5.41, 5.74) is 7.02. The van der Waals surface area contributed by atoms with Crippen LogP contribution in [-0.2, 0) is 4.79 Å². The van der Waals surface area contributed by atoms with Crippen LogP contribution in [0.25, 0.3) is 0 Å². The van der Waals surface area contributed by atoms with Gasteiger partial charge in [-0.15, -0.1) is 0 Å². The Morgan fingerprint density at radius 2 is 2.18 bits per heavy atom. The van der Waals surface area contributed by atoms with Crippen molar-refractivity contribution in [3.8, 4) is 5.75 Å². The van der Waals surface area contributed by atoms with Crippen molar-refractivity contribution in [3.63, 3.8) is 0 Å². The molecule has 1 aliphatic heterocycles. The molecule has 0 saturated carbocycles. The van der Waals surface area contributed by atoms with Gasteiger partial charge in [0, 0.05) is 19.1 Å². The second kappa shape index (κ2) is 7.49. The number of para-hydroxylation sites is 2. The van der Waals surface area contributed by atoms with Gasteiger partial charge in [0.15, 0.2) is 0 Å². The van der Waals surface area contributed by atoms with Gasteiger partial charge < -0.3 is 20.7 Å². The zero-order valence-corrected chi connectivity index (χ0v) is 13.7. The van der Waals surface area contributed by atoms with Gasteiger partial charge >= 0.3 is 0 Å². The average molecular weight is 305 g/mol. The quantitative estimate of drug-likeness (QED) is 0.840. The van der Waals surface area contributed by atoms with Crippen molar-refractivity contribution in [2.75, 3.05) is 25.1 Å². The number of methoxy groups -OCH3 is 1. The lowest BCUT2D eigenvalue weighted by Gasteiger charge is -2.22. The smallest absolute Gasteiger partial charge is 0.237 e. The molecule has 1 aromatic rings. The fraction of sp³-hybridized carbons (Fsp3) is 0.588. The second-order valence-corrected chi connectivity index (χ2v) is 6.35.